The van der Waals surface area contributed by atoms with Crippen molar-refractivity contribution >= 4 is 40.6 Å². The van der Waals surface area contributed by atoms with Crippen molar-refractivity contribution in [3.8, 4) is 5.75 Å². The first-order chi connectivity index (χ1) is 13.7. The monoisotopic (exact) mass is 410 g/mol. The molecule has 0 saturated carbocycles. The van der Waals surface area contributed by atoms with Gasteiger partial charge in [-0.2, -0.15) is 0 Å². The number of imide groups is 1. The molecule has 2 aromatic rings. The average Bonchev–Trinajstić information content (AvgIpc) is 2.98. The number of methoxy groups -OCH3 is 1. The molecule has 0 bridgehead atoms. The van der Waals surface area contributed by atoms with E-state index >= 15 is 0 Å². The number of carbonyl (C=O) groups is 3. The topological polar surface area (TPSA) is 84.5 Å². The van der Waals surface area contributed by atoms with Crippen LogP contribution in [0.4, 0.5) is 10.5 Å². The average molecular weight is 410 g/mol. The van der Waals surface area contributed by atoms with Crippen LogP contribution >= 0.6 is 11.8 Å². The summed E-state index contributed by atoms with van der Waals surface area (Å²) in [5.74, 6) is -0.360. The molecule has 0 spiro atoms. The van der Waals surface area contributed by atoms with Crippen molar-refractivity contribution in [2.24, 2.45) is 0 Å². The van der Waals surface area contributed by atoms with Crippen molar-refractivity contribution in [1.82, 2.24) is 5.32 Å². The lowest BCUT2D eigenvalue weighted by molar-refractivity contribution is -0.115. The third kappa shape index (κ3) is 4.86. The van der Waals surface area contributed by atoms with Crippen molar-refractivity contribution in [1.29, 1.82) is 0 Å². The van der Waals surface area contributed by atoms with E-state index in [1.165, 1.54) is 12.7 Å². The predicted octanol–water partition coefficient (Wildman–Crippen LogP) is 4.57. The molecule has 0 unspecified atom stereocenters. The standard InChI is InChI=1S/C22H22N2O4S/c1-22(2,3)14-6-8-15(9-7-14)23-19(25)16-11-13(5-10-17(16)28-4)12-18-20(26)24-21(27)29-18/h5-12H,1-4H3,(H,23,25)(H,24,26,27). The molecule has 1 saturated heterocycles. The first-order valence-corrected chi connectivity index (χ1v) is 9.84. The van der Waals surface area contributed by atoms with E-state index in [0.717, 1.165) is 11.8 Å². The van der Waals surface area contributed by atoms with Crippen molar-refractivity contribution in [2.75, 3.05) is 12.4 Å². The quantitative estimate of drug-likeness (QED) is 0.722. The summed E-state index contributed by atoms with van der Waals surface area (Å²) in [5, 5.41) is 4.67. The third-order valence-electron chi connectivity index (χ3n) is 4.42. The second-order valence-corrected chi connectivity index (χ2v) is 8.61. The molecule has 0 radical (unpaired) electrons. The fraction of sp³-hybridized carbons (Fsp3) is 0.227. The smallest absolute Gasteiger partial charge is 0.290 e. The molecule has 150 valence electrons. The Hall–Kier alpha value is -3.06. The molecular weight excluding hydrogens is 388 g/mol. The van der Waals surface area contributed by atoms with Crippen LogP contribution in [0.3, 0.4) is 0 Å². The molecule has 6 nitrogen and oxygen atoms in total. The molecule has 3 amide bonds. The minimum Gasteiger partial charge on any atom is -0.496 e. The highest BCUT2D eigenvalue weighted by Gasteiger charge is 2.25. The van der Waals surface area contributed by atoms with Gasteiger partial charge in [-0.05, 0) is 58.6 Å². The van der Waals surface area contributed by atoms with Crippen LogP contribution in [-0.2, 0) is 10.2 Å². The van der Waals surface area contributed by atoms with Gasteiger partial charge >= 0.3 is 0 Å². The van der Waals surface area contributed by atoms with Crippen molar-refractivity contribution in [3.05, 3.63) is 64.1 Å². The number of rotatable bonds is 4. The maximum Gasteiger partial charge on any atom is 0.290 e. The minimum atomic E-state index is -0.444. The van der Waals surface area contributed by atoms with E-state index < -0.39 is 11.1 Å². The Morgan fingerprint density at radius 3 is 2.34 bits per heavy atom. The second kappa shape index (κ2) is 8.13. The van der Waals surface area contributed by atoms with Gasteiger partial charge in [-0.15, -0.1) is 0 Å². The number of nitrogens with one attached hydrogen (secondary N) is 2. The number of ether oxygens (including phenoxy) is 1. The van der Waals surface area contributed by atoms with Gasteiger partial charge in [0, 0.05) is 5.69 Å². The van der Waals surface area contributed by atoms with Crippen LogP contribution in [0.5, 0.6) is 5.75 Å². The Kier molecular flexibility index (Phi) is 5.79. The molecule has 2 N–H and O–H groups in total. The Morgan fingerprint density at radius 2 is 1.79 bits per heavy atom. The third-order valence-corrected chi connectivity index (χ3v) is 5.23. The fourth-order valence-corrected chi connectivity index (χ4v) is 3.50. The van der Waals surface area contributed by atoms with Crippen LogP contribution in [0.15, 0.2) is 47.4 Å². The Bertz CT molecular complexity index is 1000. The van der Waals surface area contributed by atoms with Crippen LogP contribution in [-0.4, -0.2) is 24.2 Å². The lowest BCUT2D eigenvalue weighted by Crippen LogP contribution is -2.17. The molecule has 1 fully saturated rings. The van der Waals surface area contributed by atoms with Crippen LogP contribution < -0.4 is 15.4 Å². The van der Waals surface area contributed by atoms with Crippen molar-refractivity contribution < 1.29 is 19.1 Å². The van der Waals surface area contributed by atoms with Crippen LogP contribution in [0.1, 0.15) is 42.3 Å². The van der Waals surface area contributed by atoms with Gasteiger partial charge in [-0.1, -0.05) is 39.0 Å². The van der Waals surface area contributed by atoms with E-state index in [4.69, 9.17) is 4.74 Å². The second-order valence-electron chi connectivity index (χ2n) is 7.59. The molecule has 1 aliphatic heterocycles. The molecule has 29 heavy (non-hydrogen) atoms. The highest BCUT2D eigenvalue weighted by molar-refractivity contribution is 8.18. The van der Waals surface area contributed by atoms with Crippen LogP contribution in [0, 0.1) is 0 Å². The molecule has 1 aliphatic rings. The highest BCUT2D eigenvalue weighted by Crippen LogP contribution is 2.28. The summed E-state index contributed by atoms with van der Waals surface area (Å²) in [6, 6.07) is 12.7. The maximum atomic E-state index is 12.8. The summed E-state index contributed by atoms with van der Waals surface area (Å²) in [4.78, 5) is 36.2. The number of carbonyl (C=O) groups excluding carboxylic acids is 3. The lowest BCUT2D eigenvalue weighted by Gasteiger charge is -2.19. The fourth-order valence-electron chi connectivity index (χ4n) is 2.82. The lowest BCUT2D eigenvalue weighted by atomic mass is 9.87. The zero-order chi connectivity index (χ0) is 21.2. The normalized spacial score (nSPS) is 15.4. The van der Waals surface area contributed by atoms with E-state index in [1.807, 2.05) is 24.3 Å². The Balaban J connectivity index is 1.85. The zero-order valence-electron chi connectivity index (χ0n) is 16.7. The van der Waals surface area contributed by atoms with Gasteiger partial charge in [0.15, 0.2) is 0 Å². The van der Waals surface area contributed by atoms with Gasteiger partial charge in [-0.3, -0.25) is 19.7 Å². The first kappa shape index (κ1) is 20.7. The number of hydrogen-bond acceptors (Lipinski definition) is 5. The molecule has 0 aromatic heterocycles. The predicted molar refractivity (Wildman–Crippen MR) is 115 cm³/mol. The van der Waals surface area contributed by atoms with Gasteiger partial charge in [-0.25, -0.2) is 0 Å². The molecule has 2 aromatic carbocycles. The van der Waals surface area contributed by atoms with Gasteiger partial charge in [0.05, 0.1) is 17.6 Å². The van der Waals surface area contributed by atoms with Gasteiger partial charge in [0.2, 0.25) is 0 Å². The van der Waals surface area contributed by atoms with Crippen molar-refractivity contribution in [2.45, 2.75) is 26.2 Å². The summed E-state index contributed by atoms with van der Waals surface area (Å²) in [5.41, 5.74) is 2.82. The number of anilines is 1. The number of benzene rings is 2. The van der Waals surface area contributed by atoms with Crippen LogP contribution in [0.25, 0.3) is 6.08 Å². The van der Waals surface area contributed by atoms with Gasteiger partial charge in [0.1, 0.15) is 5.75 Å². The van der Waals surface area contributed by atoms with Crippen LogP contribution in [0.2, 0.25) is 0 Å². The molecule has 0 atom stereocenters. The minimum absolute atomic E-state index is 0.0273. The first-order valence-electron chi connectivity index (χ1n) is 9.02. The molecule has 7 heteroatoms. The van der Waals surface area contributed by atoms with E-state index in [2.05, 4.69) is 31.4 Å². The summed E-state index contributed by atoms with van der Waals surface area (Å²) in [7, 11) is 1.49. The molecular formula is C22H22N2O4S. The Labute approximate surface area is 173 Å². The summed E-state index contributed by atoms with van der Waals surface area (Å²) >= 11 is 0.828. The van der Waals surface area contributed by atoms with Gasteiger partial charge < -0.3 is 10.1 Å². The largest absolute Gasteiger partial charge is 0.496 e. The van der Waals surface area contributed by atoms with Gasteiger partial charge in [0.25, 0.3) is 17.1 Å². The summed E-state index contributed by atoms with van der Waals surface area (Å²) in [6.45, 7) is 6.38. The molecule has 3 rings (SSSR count). The summed E-state index contributed by atoms with van der Waals surface area (Å²) in [6.07, 6.45) is 1.57. The SMILES string of the molecule is COc1ccc(C=C2SC(=O)NC2=O)cc1C(=O)Nc1ccc(C(C)(C)C)cc1. The number of amides is 3. The Morgan fingerprint density at radius 1 is 1.10 bits per heavy atom. The highest BCUT2D eigenvalue weighted by atomic mass is 32.2. The molecule has 1 heterocycles. The van der Waals surface area contributed by atoms with Crippen molar-refractivity contribution in [3.63, 3.8) is 0 Å². The van der Waals surface area contributed by atoms with E-state index in [1.54, 1.807) is 24.3 Å². The van der Waals surface area contributed by atoms with E-state index in [0.29, 0.717) is 22.6 Å². The maximum absolute atomic E-state index is 12.8. The molecule has 0 aliphatic carbocycles. The number of thioether (sulfide) groups is 1. The van der Waals surface area contributed by atoms with E-state index in [9.17, 15) is 14.4 Å². The number of hydrogen-bond donors (Lipinski definition) is 2. The zero-order valence-corrected chi connectivity index (χ0v) is 17.5. The summed E-state index contributed by atoms with van der Waals surface area (Å²) < 4.78 is 5.31. The van der Waals surface area contributed by atoms with E-state index in [-0.39, 0.29) is 16.2 Å².